The van der Waals surface area contributed by atoms with Gasteiger partial charge in [-0.15, -0.1) is 21.6 Å². The first-order valence-corrected chi connectivity index (χ1v) is 24.2. The second-order valence-corrected chi connectivity index (χ2v) is 16.9. The van der Waals surface area contributed by atoms with Gasteiger partial charge in [0.15, 0.2) is 0 Å². The fourth-order valence-corrected chi connectivity index (χ4v) is 7.46. The molecule has 0 aliphatic heterocycles. The van der Waals surface area contributed by atoms with Gasteiger partial charge in [0.25, 0.3) is 0 Å². The Labute approximate surface area is 457 Å². The van der Waals surface area contributed by atoms with E-state index >= 15 is 0 Å². The molecule has 19 heteroatoms. The molecule has 0 aliphatic carbocycles. The van der Waals surface area contributed by atoms with Gasteiger partial charge in [-0.25, -0.2) is 4.85 Å². The van der Waals surface area contributed by atoms with Crippen molar-refractivity contribution in [2.24, 2.45) is 22.1 Å². The van der Waals surface area contributed by atoms with Gasteiger partial charge < -0.3 is 48.4 Å². The van der Waals surface area contributed by atoms with Gasteiger partial charge in [-0.3, -0.25) is 9.59 Å². The standard InChI is InChI=1S/C50H71N5O11S.2Na/c1-6-8-10-12-14-15-17-19-21-41(50(60)61)36-46(57)66-33-31-64-29-28-62-26-24-55(25-27-63-30-32-65-45(56)35-40(49(58)59)20-18-16-13-11-9-7-2)42-22-23-44(38(3)34-42)53-54-48-43(37-51)39(4)47(52-5)67-48;;/h16-19,22-23,34,40-41H,6-15,20-21,24-33,35-36H2,1-4H3,(H,58,59)(H,60,61);;/q;2*+1/p-2/b18-16+,19-17+,54-53?;;. The van der Waals surface area contributed by atoms with Gasteiger partial charge in [-0.05, 0) is 81.7 Å². The summed E-state index contributed by atoms with van der Waals surface area (Å²) >= 11 is 1.12. The summed E-state index contributed by atoms with van der Waals surface area (Å²) < 4.78 is 27.6. The number of ether oxygens (including phenoxy) is 5. The third kappa shape index (κ3) is 28.9. The molecule has 1 aromatic heterocycles. The summed E-state index contributed by atoms with van der Waals surface area (Å²) in [7, 11) is 0. The molecule has 0 bridgehead atoms. The van der Waals surface area contributed by atoms with Crippen LogP contribution in [0, 0.1) is 43.6 Å². The Kier molecular flexibility index (Phi) is 39.1. The monoisotopic (exact) mass is 993 g/mol. The van der Waals surface area contributed by atoms with Crippen LogP contribution in [-0.4, -0.2) is 89.8 Å². The number of nitriles is 1. The van der Waals surface area contributed by atoms with Crippen LogP contribution in [0.3, 0.4) is 0 Å². The van der Waals surface area contributed by atoms with Crippen molar-refractivity contribution in [1.82, 2.24) is 0 Å². The van der Waals surface area contributed by atoms with E-state index in [1.807, 2.05) is 36.1 Å². The van der Waals surface area contributed by atoms with Gasteiger partial charge in [0, 0.05) is 42.6 Å². The minimum Gasteiger partial charge on any atom is -0.550 e. The van der Waals surface area contributed by atoms with Gasteiger partial charge in [-0.1, -0.05) is 76.7 Å². The van der Waals surface area contributed by atoms with Crippen molar-refractivity contribution >= 4 is 56.6 Å². The second kappa shape index (κ2) is 41.2. The molecule has 2 atom stereocenters. The number of esters is 2. The number of aryl methyl sites for hydroxylation is 1. The fraction of sp³-hybridized carbons (Fsp3) is 0.600. The Morgan fingerprint density at radius 2 is 1.23 bits per heavy atom. The molecule has 0 N–H and O–H groups in total. The van der Waals surface area contributed by atoms with E-state index < -0.39 is 35.7 Å². The predicted molar refractivity (Wildman–Crippen MR) is 253 cm³/mol. The number of allylic oxidation sites excluding steroid dienone is 4. The van der Waals surface area contributed by atoms with Crippen LogP contribution in [0.5, 0.6) is 0 Å². The molecule has 0 saturated carbocycles. The molecule has 2 aromatic rings. The van der Waals surface area contributed by atoms with Crippen LogP contribution in [0.25, 0.3) is 4.85 Å². The number of aliphatic carboxylic acids is 2. The van der Waals surface area contributed by atoms with E-state index in [2.05, 4.69) is 35.0 Å². The summed E-state index contributed by atoms with van der Waals surface area (Å²) in [5.41, 5.74) is 3.14. The molecule has 0 saturated heterocycles. The van der Waals surface area contributed by atoms with Crippen LogP contribution < -0.4 is 74.2 Å². The summed E-state index contributed by atoms with van der Waals surface area (Å²) in [6, 6.07) is 7.73. The van der Waals surface area contributed by atoms with Gasteiger partial charge in [0.1, 0.15) is 24.3 Å². The van der Waals surface area contributed by atoms with Crippen LogP contribution in [0.2, 0.25) is 0 Å². The number of azo groups is 1. The number of carbonyl (C=O) groups excluding carboxylic acids is 4. The van der Waals surface area contributed by atoms with E-state index in [0.717, 1.165) is 67.5 Å². The van der Waals surface area contributed by atoms with Crippen LogP contribution in [0.4, 0.5) is 21.4 Å². The smallest absolute Gasteiger partial charge is 0.550 e. The predicted octanol–water partition coefficient (Wildman–Crippen LogP) is 2.50. The van der Waals surface area contributed by atoms with E-state index in [-0.39, 0.29) is 131 Å². The maximum atomic E-state index is 12.4. The minimum absolute atomic E-state index is 0. The molecule has 0 radical (unpaired) electrons. The number of nitrogens with zero attached hydrogens (tertiary/aromatic N) is 5. The van der Waals surface area contributed by atoms with Crippen molar-refractivity contribution in [1.29, 1.82) is 5.26 Å². The first kappa shape index (κ1) is 65.5. The molecule has 0 fully saturated rings. The van der Waals surface area contributed by atoms with E-state index in [1.54, 1.807) is 25.1 Å². The van der Waals surface area contributed by atoms with Gasteiger partial charge >= 0.3 is 71.1 Å². The Balaban J connectivity index is 0.0000231. The topological polar surface area (TPSA) is 217 Å². The largest absolute Gasteiger partial charge is 1.00 e. The third-order valence-electron chi connectivity index (χ3n) is 10.6. The number of anilines is 1. The maximum absolute atomic E-state index is 12.4. The number of rotatable bonds is 38. The van der Waals surface area contributed by atoms with E-state index in [4.69, 9.17) is 30.3 Å². The normalized spacial score (nSPS) is 12.0. The average molecular weight is 994 g/mol. The number of hydrogen-bond acceptors (Lipinski definition) is 16. The first-order valence-electron chi connectivity index (χ1n) is 23.4. The van der Waals surface area contributed by atoms with Crippen LogP contribution in [0.1, 0.15) is 120 Å². The Morgan fingerprint density at radius 3 is 1.72 bits per heavy atom. The van der Waals surface area contributed by atoms with Crippen molar-refractivity contribution in [3.63, 3.8) is 0 Å². The number of unbranched alkanes of at least 4 members (excludes halogenated alkanes) is 8. The molecular weight excluding hydrogens is 925 g/mol. The van der Waals surface area contributed by atoms with Crippen molar-refractivity contribution < 1.29 is 112 Å². The fourth-order valence-electron chi connectivity index (χ4n) is 6.60. The molecule has 0 aliphatic rings. The van der Waals surface area contributed by atoms with Crippen molar-refractivity contribution in [2.45, 2.75) is 118 Å². The number of thiophene rings is 1. The quantitative estimate of drug-likeness (QED) is 0.0236. The number of carboxylic acid groups (broad SMARTS) is 2. The van der Waals surface area contributed by atoms with Gasteiger partial charge in [-0.2, -0.15) is 5.26 Å². The number of hydrogen-bond donors (Lipinski definition) is 0. The van der Waals surface area contributed by atoms with Gasteiger partial charge in [0.2, 0.25) is 5.00 Å². The first-order chi connectivity index (χ1) is 32.4. The SMILES string of the molecule is [C-]#[N+]c1sc(N=Nc2ccc(N(CCOCCOCCOC(=O)CC(C/C=C/CCCCCCC)C(=O)[O-])CCOCCOC(=O)CC(C/C=C/CCCCC)C(=O)[O-])cc2C)c(C#N)c1C.[Na+].[Na+]. The number of carbonyl (C=O) groups is 4. The van der Waals surface area contributed by atoms with Crippen LogP contribution in [-0.2, 0) is 42.9 Å². The van der Waals surface area contributed by atoms with E-state index in [0.29, 0.717) is 46.5 Å². The molecule has 69 heavy (non-hydrogen) atoms. The summed E-state index contributed by atoms with van der Waals surface area (Å²) in [4.78, 5) is 53.4. The summed E-state index contributed by atoms with van der Waals surface area (Å²) in [5.74, 6) is -5.77. The van der Waals surface area contributed by atoms with Crippen LogP contribution >= 0.6 is 11.3 Å². The van der Waals surface area contributed by atoms with Crippen LogP contribution in [0.15, 0.2) is 52.7 Å². The van der Waals surface area contributed by atoms with E-state index in [9.17, 15) is 34.7 Å². The molecule has 0 amide bonds. The van der Waals surface area contributed by atoms with Crippen molar-refractivity contribution in [3.8, 4) is 6.07 Å². The molecule has 16 nitrogen and oxygen atoms in total. The molecule has 2 unspecified atom stereocenters. The molecule has 2 rings (SSSR count). The van der Waals surface area contributed by atoms with Crippen molar-refractivity contribution in [3.05, 3.63) is 70.6 Å². The Bertz CT molecular complexity index is 1980. The van der Waals surface area contributed by atoms with Crippen molar-refractivity contribution in [2.75, 3.05) is 70.8 Å². The second-order valence-electron chi connectivity index (χ2n) is 15.9. The minimum atomic E-state index is -1.29. The summed E-state index contributed by atoms with van der Waals surface area (Å²) in [6.07, 6.45) is 18.0. The Hall–Kier alpha value is -3.46. The van der Waals surface area contributed by atoms with E-state index in [1.165, 1.54) is 19.3 Å². The summed E-state index contributed by atoms with van der Waals surface area (Å²) in [6.45, 7) is 17.4. The Morgan fingerprint density at radius 1 is 0.739 bits per heavy atom. The number of benzene rings is 1. The average Bonchev–Trinajstić information content (AvgIpc) is 3.62. The summed E-state index contributed by atoms with van der Waals surface area (Å²) in [5, 5.41) is 42.2. The third-order valence-corrected chi connectivity index (χ3v) is 11.7. The molecule has 1 aromatic carbocycles. The molecule has 0 spiro atoms. The maximum Gasteiger partial charge on any atom is 1.00 e. The molecular formula is C50H69N5Na2O11S. The zero-order valence-corrected chi connectivity index (χ0v) is 46.6. The zero-order valence-electron chi connectivity index (χ0n) is 41.8. The van der Waals surface area contributed by atoms with Gasteiger partial charge in [0.05, 0.1) is 70.3 Å². The number of carboxylic acids is 2. The zero-order chi connectivity index (χ0) is 49.1. The molecule has 368 valence electrons. The molecule has 1 heterocycles.